The second kappa shape index (κ2) is 7.15. The summed E-state index contributed by atoms with van der Waals surface area (Å²) in [6.45, 7) is 3.12. The number of hydrogen-bond acceptors (Lipinski definition) is 5. The van der Waals surface area contributed by atoms with E-state index in [0.29, 0.717) is 30.6 Å². The maximum Gasteiger partial charge on any atom is 0.273 e. The first-order chi connectivity index (χ1) is 12.6. The number of aromatic nitrogens is 4. The number of hydrogen-bond donors (Lipinski definition) is 0. The molecule has 2 fully saturated rings. The van der Waals surface area contributed by atoms with E-state index in [1.165, 1.54) is 12.8 Å². The van der Waals surface area contributed by atoms with Crippen molar-refractivity contribution in [1.29, 1.82) is 0 Å². The van der Waals surface area contributed by atoms with Gasteiger partial charge in [-0.2, -0.15) is 5.10 Å². The van der Waals surface area contributed by atoms with E-state index in [4.69, 9.17) is 0 Å². The molecule has 7 heteroatoms. The molecule has 2 aromatic rings. The predicted octanol–water partition coefficient (Wildman–Crippen LogP) is 1.13. The van der Waals surface area contributed by atoms with Gasteiger partial charge in [0.15, 0.2) is 0 Å². The summed E-state index contributed by atoms with van der Waals surface area (Å²) < 4.78 is 3.22. The SMILES string of the molecule is Cn1ccnc(CN2CCC(Cn3nc(C4CC4)ccc3=O)CC2)c1=O. The van der Waals surface area contributed by atoms with Gasteiger partial charge in [0.25, 0.3) is 11.1 Å². The first-order valence-corrected chi connectivity index (χ1v) is 9.41. The van der Waals surface area contributed by atoms with Crippen LogP contribution >= 0.6 is 0 Å². The molecule has 7 nitrogen and oxygen atoms in total. The number of likely N-dealkylation sites (tertiary alicyclic amines) is 1. The molecule has 0 radical (unpaired) electrons. The molecule has 26 heavy (non-hydrogen) atoms. The Morgan fingerprint density at radius 1 is 1.12 bits per heavy atom. The Morgan fingerprint density at radius 3 is 2.62 bits per heavy atom. The highest BCUT2D eigenvalue weighted by molar-refractivity contribution is 5.12. The smallest absolute Gasteiger partial charge is 0.273 e. The molecule has 0 spiro atoms. The van der Waals surface area contributed by atoms with Gasteiger partial charge < -0.3 is 4.57 Å². The lowest BCUT2D eigenvalue weighted by molar-refractivity contribution is 0.161. The van der Waals surface area contributed by atoms with Gasteiger partial charge in [0.05, 0.1) is 5.69 Å². The molecule has 1 saturated carbocycles. The Bertz CT molecular complexity index is 891. The van der Waals surface area contributed by atoms with Crippen molar-refractivity contribution >= 4 is 0 Å². The van der Waals surface area contributed by atoms with E-state index in [1.807, 2.05) is 6.07 Å². The van der Waals surface area contributed by atoms with E-state index in [-0.39, 0.29) is 11.1 Å². The molecule has 3 heterocycles. The first kappa shape index (κ1) is 17.1. The fraction of sp³-hybridized carbons (Fsp3) is 0.579. The maximum atomic E-state index is 12.1. The molecule has 0 amide bonds. The van der Waals surface area contributed by atoms with Crippen LogP contribution in [0.1, 0.15) is 43.0 Å². The highest BCUT2D eigenvalue weighted by Crippen LogP contribution is 2.38. The highest BCUT2D eigenvalue weighted by Gasteiger charge is 2.26. The Balaban J connectivity index is 1.35. The summed E-state index contributed by atoms with van der Waals surface area (Å²) in [4.78, 5) is 30.7. The van der Waals surface area contributed by atoms with Crippen LogP contribution < -0.4 is 11.1 Å². The average molecular weight is 355 g/mol. The summed E-state index contributed by atoms with van der Waals surface area (Å²) in [5, 5.41) is 4.57. The van der Waals surface area contributed by atoms with Gasteiger partial charge in [-0.05, 0) is 50.8 Å². The Kier molecular flexibility index (Phi) is 4.72. The van der Waals surface area contributed by atoms with Crippen LogP contribution in [-0.4, -0.2) is 37.3 Å². The average Bonchev–Trinajstić information content (AvgIpc) is 3.48. The molecule has 0 aromatic carbocycles. The summed E-state index contributed by atoms with van der Waals surface area (Å²) in [6, 6.07) is 3.54. The zero-order valence-corrected chi connectivity index (χ0v) is 15.2. The van der Waals surface area contributed by atoms with E-state index in [1.54, 1.807) is 34.8 Å². The third-order valence-electron chi connectivity index (χ3n) is 5.48. The molecule has 1 aliphatic heterocycles. The number of aryl methyl sites for hydroxylation is 1. The molecule has 0 atom stereocenters. The number of rotatable bonds is 5. The molecular weight excluding hydrogens is 330 g/mol. The van der Waals surface area contributed by atoms with Crippen molar-refractivity contribution in [1.82, 2.24) is 24.2 Å². The molecule has 2 aromatic heterocycles. The molecule has 4 rings (SSSR count). The second-order valence-electron chi connectivity index (χ2n) is 7.56. The van der Waals surface area contributed by atoms with Gasteiger partial charge in [-0.1, -0.05) is 0 Å². The molecule has 2 aliphatic rings. The lowest BCUT2D eigenvalue weighted by Gasteiger charge is -2.31. The topological polar surface area (TPSA) is 73.0 Å². The van der Waals surface area contributed by atoms with E-state index in [2.05, 4.69) is 15.0 Å². The minimum Gasteiger partial charge on any atom is -0.315 e. The minimum atomic E-state index is -0.0257. The van der Waals surface area contributed by atoms with Gasteiger partial charge in [-0.25, -0.2) is 4.68 Å². The van der Waals surface area contributed by atoms with Crippen molar-refractivity contribution in [3.63, 3.8) is 0 Å². The molecule has 0 N–H and O–H groups in total. The summed E-state index contributed by atoms with van der Waals surface area (Å²) in [6.07, 6.45) is 7.75. The highest BCUT2D eigenvalue weighted by atomic mass is 16.1. The van der Waals surface area contributed by atoms with E-state index < -0.39 is 0 Å². The fourth-order valence-electron chi connectivity index (χ4n) is 3.63. The summed E-state index contributed by atoms with van der Waals surface area (Å²) in [7, 11) is 1.75. The van der Waals surface area contributed by atoms with Gasteiger partial charge in [-0.3, -0.25) is 19.5 Å². The van der Waals surface area contributed by atoms with E-state index in [9.17, 15) is 9.59 Å². The zero-order chi connectivity index (χ0) is 18.1. The van der Waals surface area contributed by atoms with Crippen molar-refractivity contribution in [3.8, 4) is 0 Å². The molecule has 138 valence electrons. The van der Waals surface area contributed by atoms with Gasteiger partial charge >= 0.3 is 0 Å². The monoisotopic (exact) mass is 355 g/mol. The van der Waals surface area contributed by atoms with Crippen LogP contribution in [0.3, 0.4) is 0 Å². The lowest BCUT2D eigenvalue weighted by Crippen LogP contribution is -2.38. The molecule has 0 unspecified atom stereocenters. The first-order valence-electron chi connectivity index (χ1n) is 9.41. The summed E-state index contributed by atoms with van der Waals surface area (Å²) in [5.41, 5.74) is 1.63. The van der Waals surface area contributed by atoms with Crippen LogP contribution in [0.15, 0.2) is 34.1 Å². The molecule has 0 bridgehead atoms. The largest absolute Gasteiger partial charge is 0.315 e. The molecule has 1 saturated heterocycles. The Hall–Kier alpha value is -2.28. The second-order valence-corrected chi connectivity index (χ2v) is 7.56. The van der Waals surface area contributed by atoms with Crippen LogP contribution in [0.2, 0.25) is 0 Å². The van der Waals surface area contributed by atoms with Crippen molar-refractivity contribution in [2.24, 2.45) is 13.0 Å². The third kappa shape index (κ3) is 3.77. The van der Waals surface area contributed by atoms with Crippen molar-refractivity contribution in [2.75, 3.05) is 13.1 Å². The van der Waals surface area contributed by atoms with E-state index in [0.717, 1.165) is 31.6 Å². The number of nitrogens with zero attached hydrogens (tertiary/aromatic N) is 5. The van der Waals surface area contributed by atoms with Crippen LogP contribution in [0.5, 0.6) is 0 Å². The van der Waals surface area contributed by atoms with Gasteiger partial charge in [0.2, 0.25) is 0 Å². The standard InChI is InChI=1S/C19H25N5O2/c1-22-11-8-20-17(19(22)26)13-23-9-6-14(7-10-23)12-24-18(25)5-4-16(21-24)15-2-3-15/h4-5,8,11,14-15H,2-3,6-7,9-10,12-13H2,1H3. The zero-order valence-electron chi connectivity index (χ0n) is 15.2. The van der Waals surface area contributed by atoms with Gasteiger partial charge in [0, 0.05) is 44.5 Å². The summed E-state index contributed by atoms with van der Waals surface area (Å²) >= 11 is 0. The van der Waals surface area contributed by atoms with Gasteiger partial charge in [0.1, 0.15) is 5.69 Å². The molecule has 1 aliphatic carbocycles. The molecular formula is C19H25N5O2. The third-order valence-corrected chi connectivity index (χ3v) is 5.48. The fourth-order valence-corrected chi connectivity index (χ4v) is 3.63. The van der Waals surface area contributed by atoms with Crippen molar-refractivity contribution in [2.45, 2.75) is 44.7 Å². The quantitative estimate of drug-likeness (QED) is 0.804. The van der Waals surface area contributed by atoms with E-state index >= 15 is 0 Å². The van der Waals surface area contributed by atoms with Crippen molar-refractivity contribution in [3.05, 3.63) is 56.6 Å². The Labute approximate surface area is 152 Å². The minimum absolute atomic E-state index is 0.00573. The normalized spacial score (nSPS) is 19.0. The predicted molar refractivity (Wildman–Crippen MR) is 98.0 cm³/mol. The van der Waals surface area contributed by atoms with Crippen LogP contribution in [0.25, 0.3) is 0 Å². The van der Waals surface area contributed by atoms with Gasteiger partial charge in [-0.15, -0.1) is 0 Å². The van der Waals surface area contributed by atoms with Crippen molar-refractivity contribution < 1.29 is 0 Å². The summed E-state index contributed by atoms with van der Waals surface area (Å²) in [5.74, 6) is 1.02. The van der Waals surface area contributed by atoms with Crippen LogP contribution in [0, 0.1) is 5.92 Å². The number of piperidine rings is 1. The van der Waals surface area contributed by atoms with Crippen LogP contribution in [0.4, 0.5) is 0 Å². The lowest BCUT2D eigenvalue weighted by atomic mass is 9.96. The Morgan fingerprint density at radius 2 is 1.88 bits per heavy atom. The van der Waals surface area contributed by atoms with Crippen LogP contribution in [-0.2, 0) is 20.1 Å². The maximum absolute atomic E-state index is 12.1.